The molecule has 0 aliphatic heterocycles. The molecule has 0 bridgehead atoms. The van der Waals surface area contributed by atoms with Gasteiger partial charge in [-0.25, -0.2) is 4.39 Å². The van der Waals surface area contributed by atoms with Crippen LogP contribution in [-0.4, -0.2) is 10.2 Å². The Morgan fingerprint density at radius 1 is 0.938 bits per heavy atom. The minimum atomic E-state index is -0.586. The molecule has 0 atom stereocenters. The van der Waals surface area contributed by atoms with E-state index in [2.05, 4.69) is 0 Å². The van der Waals surface area contributed by atoms with E-state index in [0.29, 0.717) is 0 Å². The van der Waals surface area contributed by atoms with Crippen molar-refractivity contribution in [3.63, 3.8) is 0 Å². The number of anilines is 1. The third-order valence-electron chi connectivity index (χ3n) is 2.35. The first kappa shape index (κ1) is 10.3. The van der Waals surface area contributed by atoms with Crippen molar-refractivity contribution >= 4 is 5.69 Å². The van der Waals surface area contributed by atoms with Gasteiger partial charge in [-0.2, -0.15) is 0 Å². The molecule has 0 heterocycles. The zero-order valence-corrected chi connectivity index (χ0v) is 8.31. The molecular weight excluding hydrogens is 209 g/mol. The van der Waals surface area contributed by atoms with Gasteiger partial charge in [0.1, 0.15) is 17.3 Å². The van der Waals surface area contributed by atoms with Crippen molar-refractivity contribution in [1.29, 1.82) is 0 Å². The average Bonchev–Trinajstić information content (AvgIpc) is 2.27. The first-order chi connectivity index (χ1) is 7.61. The maximum Gasteiger partial charge on any atom is 0.139 e. The first-order valence-electron chi connectivity index (χ1n) is 4.66. The molecule has 4 N–H and O–H groups in total. The highest BCUT2D eigenvalue weighted by Crippen LogP contribution is 2.38. The molecule has 2 rings (SSSR count). The van der Waals surface area contributed by atoms with E-state index in [-0.39, 0.29) is 28.3 Å². The Morgan fingerprint density at radius 3 is 2.31 bits per heavy atom. The number of rotatable bonds is 1. The third kappa shape index (κ3) is 1.54. The molecule has 2 aromatic carbocycles. The lowest BCUT2D eigenvalue weighted by Crippen LogP contribution is -1.94. The summed E-state index contributed by atoms with van der Waals surface area (Å²) in [4.78, 5) is 0. The van der Waals surface area contributed by atoms with Gasteiger partial charge in [0.15, 0.2) is 0 Å². The Kier molecular flexibility index (Phi) is 2.40. The van der Waals surface area contributed by atoms with Crippen LogP contribution >= 0.6 is 0 Å². The lowest BCUT2D eigenvalue weighted by atomic mass is 10.0. The van der Waals surface area contributed by atoms with E-state index in [0.717, 1.165) is 6.07 Å². The Morgan fingerprint density at radius 2 is 1.62 bits per heavy atom. The monoisotopic (exact) mass is 219 g/mol. The predicted molar refractivity (Wildman–Crippen MR) is 59.6 cm³/mol. The van der Waals surface area contributed by atoms with Crippen molar-refractivity contribution in [3.8, 4) is 22.6 Å². The molecule has 0 amide bonds. The summed E-state index contributed by atoms with van der Waals surface area (Å²) in [6.45, 7) is 0. The quantitative estimate of drug-likeness (QED) is 0.510. The van der Waals surface area contributed by atoms with Gasteiger partial charge in [0.05, 0.1) is 5.69 Å². The van der Waals surface area contributed by atoms with E-state index in [1.165, 1.54) is 18.2 Å². The fourth-order valence-corrected chi connectivity index (χ4v) is 1.54. The zero-order valence-electron chi connectivity index (χ0n) is 8.31. The van der Waals surface area contributed by atoms with Crippen molar-refractivity contribution in [2.45, 2.75) is 0 Å². The van der Waals surface area contributed by atoms with Gasteiger partial charge >= 0.3 is 0 Å². The van der Waals surface area contributed by atoms with Crippen LogP contribution in [0.5, 0.6) is 11.5 Å². The molecule has 0 radical (unpaired) electrons. The van der Waals surface area contributed by atoms with Gasteiger partial charge in [-0.15, -0.1) is 0 Å². The Bertz CT molecular complexity index is 541. The normalized spacial score (nSPS) is 10.3. The van der Waals surface area contributed by atoms with Gasteiger partial charge in [0.25, 0.3) is 0 Å². The van der Waals surface area contributed by atoms with Gasteiger partial charge in [-0.3, -0.25) is 0 Å². The van der Waals surface area contributed by atoms with Crippen LogP contribution in [0, 0.1) is 5.82 Å². The molecule has 0 fully saturated rings. The maximum atomic E-state index is 13.6. The summed E-state index contributed by atoms with van der Waals surface area (Å²) in [6, 6.07) is 8.51. The van der Waals surface area contributed by atoms with Crippen LogP contribution in [0.1, 0.15) is 0 Å². The smallest absolute Gasteiger partial charge is 0.139 e. The van der Waals surface area contributed by atoms with E-state index >= 15 is 0 Å². The first-order valence-corrected chi connectivity index (χ1v) is 4.66. The summed E-state index contributed by atoms with van der Waals surface area (Å²) < 4.78 is 13.6. The van der Waals surface area contributed by atoms with Gasteiger partial charge in [-0.05, 0) is 18.2 Å². The van der Waals surface area contributed by atoms with E-state index in [9.17, 15) is 14.6 Å². The summed E-state index contributed by atoms with van der Waals surface area (Å²) in [5.74, 6) is -0.879. The number of benzene rings is 2. The van der Waals surface area contributed by atoms with Gasteiger partial charge in [0, 0.05) is 11.1 Å². The van der Waals surface area contributed by atoms with Gasteiger partial charge < -0.3 is 15.9 Å². The molecule has 16 heavy (non-hydrogen) atoms. The fourth-order valence-electron chi connectivity index (χ4n) is 1.54. The predicted octanol–water partition coefficient (Wildman–Crippen LogP) is 2.49. The number of phenolic OH excluding ortho intramolecular Hbond substituents is 2. The van der Waals surface area contributed by atoms with Crippen molar-refractivity contribution < 1.29 is 14.6 Å². The summed E-state index contributed by atoms with van der Waals surface area (Å²) in [7, 11) is 0. The summed E-state index contributed by atoms with van der Waals surface area (Å²) in [6.07, 6.45) is 0. The average molecular weight is 219 g/mol. The van der Waals surface area contributed by atoms with Gasteiger partial charge in [-0.1, -0.05) is 18.2 Å². The summed E-state index contributed by atoms with van der Waals surface area (Å²) >= 11 is 0. The summed E-state index contributed by atoms with van der Waals surface area (Å²) in [5.41, 5.74) is 5.77. The molecule has 0 saturated heterocycles. The highest BCUT2D eigenvalue weighted by Gasteiger charge is 2.15. The standard InChI is InChI=1S/C12H10FNO2/c13-8-5-6-10(16)12(14)11(8)7-3-1-2-4-9(7)15/h1-6,15-16H,14H2. The van der Waals surface area contributed by atoms with Crippen LogP contribution in [0.25, 0.3) is 11.1 Å². The van der Waals surface area contributed by atoms with Crippen LogP contribution in [0.2, 0.25) is 0 Å². The molecule has 0 spiro atoms. The molecule has 0 unspecified atom stereocenters. The lowest BCUT2D eigenvalue weighted by Gasteiger charge is -2.10. The molecule has 3 nitrogen and oxygen atoms in total. The number of para-hydroxylation sites is 1. The minimum absolute atomic E-state index is 0.0121. The second-order valence-electron chi connectivity index (χ2n) is 3.37. The number of phenols is 2. The largest absolute Gasteiger partial charge is 0.507 e. The molecule has 0 saturated carbocycles. The topological polar surface area (TPSA) is 66.5 Å². The number of aromatic hydroxyl groups is 2. The molecular formula is C12H10FNO2. The Hall–Kier alpha value is -2.23. The van der Waals surface area contributed by atoms with Crippen molar-refractivity contribution in [2.75, 3.05) is 5.73 Å². The number of halogens is 1. The molecule has 4 heteroatoms. The van der Waals surface area contributed by atoms with E-state index < -0.39 is 5.82 Å². The Balaban J connectivity index is 2.74. The lowest BCUT2D eigenvalue weighted by molar-refractivity contribution is 0.473. The molecule has 0 aliphatic carbocycles. The van der Waals surface area contributed by atoms with Crippen LogP contribution in [0.4, 0.5) is 10.1 Å². The second kappa shape index (κ2) is 3.73. The van der Waals surface area contributed by atoms with Crippen molar-refractivity contribution in [1.82, 2.24) is 0 Å². The highest BCUT2D eigenvalue weighted by molar-refractivity contribution is 5.83. The third-order valence-corrected chi connectivity index (χ3v) is 2.35. The zero-order chi connectivity index (χ0) is 11.7. The molecule has 82 valence electrons. The second-order valence-corrected chi connectivity index (χ2v) is 3.37. The van der Waals surface area contributed by atoms with E-state index in [1.807, 2.05) is 0 Å². The molecule has 0 aliphatic rings. The van der Waals surface area contributed by atoms with Crippen LogP contribution in [0.15, 0.2) is 36.4 Å². The van der Waals surface area contributed by atoms with Crippen LogP contribution in [-0.2, 0) is 0 Å². The maximum absolute atomic E-state index is 13.6. The van der Waals surface area contributed by atoms with Crippen LogP contribution < -0.4 is 5.73 Å². The highest BCUT2D eigenvalue weighted by atomic mass is 19.1. The number of hydrogen-bond donors (Lipinski definition) is 3. The SMILES string of the molecule is Nc1c(O)ccc(F)c1-c1ccccc1O. The summed E-state index contributed by atoms with van der Waals surface area (Å²) in [5, 5.41) is 19.0. The number of hydrogen-bond acceptors (Lipinski definition) is 3. The van der Waals surface area contributed by atoms with Gasteiger partial charge in [0.2, 0.25) is 0 Å². The molecule has 2 aromatic rings. The molecule has 0 aromatic heterocycles. The number of nitrogens with two attached hydrogens (primary N) is 1. The Labute approximate surface area is 91.6 Å². The van der Waals surface area contributed by atoms with Crippen molar-refractivity contribution in [2.24, 2.45) is 0 Å². The fraction of sp³-hybridized carbons (Fsp3) is 0. The minimum Gasteiger partial charge on any atom is -0.507 e. The van der Waals surface area contributed by atoms with E-state index in [4.69, 9.17) is 5.73 Å². The van der Waals surface area contributed by atoms with E-state index in [1.54, 1.807) is 12.1 Å². The van der Waals surface area contributed by atoms with Crippen LogP contribution in [0.3, 0.4) is 0 Å². The van der Waals surface area contributed by atoms with Crippen molar-refractivity contribution in [3.05, 3.63) is 42.2 Å². The number of nitrogen functional groups attached to an aromatic ring is 1.